The number of carbonyl (C=O) groups excluding carboxylic acids is 3. The van der Waals surface area contributed by atoms with Crippen LogP contribution in [0.3, 0.4) is 0 Å². The Morgan fingerprint density at radius 1 is 0.738 bits per heavy atom. The Labute approximate surface area is 377 Å². The summed E-state index contributed by atoms with van der Waals surface area (Å²) < 4.78 is 55.1. The number of carboxylic acid groups (broad SMARTS) is 2. The van der Waals surface area contributed by atoms with E-state index in [1.165, 1.54) is 11.9 Å². The van der Waals surface area contributed by atoms with Gasteiger partial charge in [-0.2, -0.15) is 0 Å². The number of aromatic nitrogens is 3. The second kappa shape index (κ2) is 36.0. The number of hydrogen-bond acceptors (Lipinski definition) is 18. The largest absolute Gasteiger partial charge is 0.506 e. The molecule has 0 aliphatic heterocycles. The van der Waals surface area contributed by atoms with Crippen LogP contribution < -0.4 is 21.7 Å². The van der Waals surface area contributed by atoms with Gasteiger partial charge in [0.25, 0.3) is 0 Å². The molecule has 1 atom stereocenters. The number of aliphatic carboxylic acids is 1. The third-order valence-corrected chi connectivity index (χ3v) is 8.64. The first kappa shape index (κ1) is 55.9. The zero-order valence-corrected chi connectivity index (χ0v) is 37.2. The monoisotopic (exact) mass is 930 g/mol. The van der Waals surface area contributed by atoms with Crippen LogP contribution in [0.15, 0.2) is 24.4 Å². The Balaban J connectivity index is 1.53. The third kappa shape index (κ3) is 29.0. The maximum absolute atomic E-state index is 12.9. The van der Waals surface area contributed by atoms with E-state index in [1.54, 1.807) is 36.1 Å². The maximum atomic E-state index is 12.9. The number of urea groups is 1. The van der Waals surface area contributed by atoms with Crippen molar-refractivity contribution in [3.05, 3.63) is 41.2 Å². The lowest BCUT2D eigenvalue weighted by atomic mass is 10.1. The van der Waals surface area contributed by atoms with E-state index in [4.69, 9.17) is 63.3 Å². The maximum Gasteiger partial charge on any atom is 0.506 e. The van der Waals surface area contributed by atoms with Crippen LogP contribution in [0.25, 0.3) is 0 Å². The van der Waals surface area contributed by atoms with E-state index < -0.39 is 30.3 Å². The number of carboxylic acids is 1. The fraction of sp³-hybridized carbons (Fsp3) is 0.675. The Kier molecular flexibility index (Phi) is 31.0. The molecule has 0 saturated heterocycles. The molecule has 0 radical (unpaired) electrons. The molecule has 2 aromatic rings. The van der Waals surface area contributed by atoms with E-state index in [2.05, 4.69) is 26.3 Å². The van der Waals surface area contributed by atoms with Gasteiger partial charge in [-0.1, -0.05) is 11.3 Å². The molecule has 1 aromatic heterocycles. The van der Waals surface area contributed by atoms with E-state index in [1.807, 2.05) is 0 Å². The van der Waals surface area contributed by atoms with Gasteiger partial charge in [0.2, 0.25) is 5.91 Å². The van der Waals surface area contributed by atoms with Gasteiger partial charge in [0, 0.05) is 25.8 Å². The number of rotatable bonds is 40. The minimum Gasteiger partial charge on any atom is -0.481 e. The molecule has 4 amide bonds. The van der Waals surface area contributed by atoms with Gasteiger partial charge < -0.3 is 84.2 Å². The normalized spacial score (nSPS) is 11.5. The first-order chi connectivity index (χ1) is 31.5. The number of primary amides is 1. The average Bonchev–Trinajstić information content (AvgIpc) is 3.73. The molecule has 0 unspecified atom stereocenters. The summed E-state index contributed by atoms with van der Waals surface area (Å²) >= 11 is 0. The molecule has 25 heteroatoms. The van der Waals surface area contributed by atoms with E-state index in [0.717, 1.165) is 0 Å². The molecule has 0 fully saturated rings. The molecule has 0 aliphatic carbocycles. The van der Waals surface area contributed by atoms with Crippen LogP contribution in [0.5, 0.6) is 0 Å². The second-order valence-electron chi connectivity index (χ2n) is 13.7. The van der Waals surface area contributed by atoms with E-state index >= 15 is 0 Å². The Morgan fingerprint density at radius 2 is 1.28 bits per heavy atom. The van der Waals surface area contributed by atoms with Crippen LogP contribution in [0, 0.1) is 0 Å². The van der Waals surface area contributed by atoms with Crippen molar-refractivity contribution in [1.82, 2.24) is 30.5 Å². The number of anilines is 1. The number of nitrogens with zero attached hydrogens (tertiary/aromatic N) is 4. The number of amides is 4. The number of ether oxygens (including phenoxy) is 10. The van der Waals surface area contributed by atoms with Crippen molar-refractivity contribution in [2.75, 3.05) is 132 Å². The van der Waals surface area contributed by atoms with Gasteiger partial charge in [-0.3, -0.25) is 9.59 Å². The van der Waals surface area contributed by atoms with Crippen molar-refractivity contribution in [2.45, 2.75) is 51.6 Å². The Morgan fingerprint density at radius 3 is 1.78 bits per heavy atom. The second-order valence-corrected chi connectivity index (χ2v) is 13.7. The van der Waals surface area contributed by atoms with Gasteiger partial charge in [-0.25, -0.2) is 19.1 Å². The van der Waals surface area contributed by atoms with Crippen LogP contribution in [0.1, 0.15) is 36.1 Å². The fourth-order valence-corrected chi connectivity index (χ4v) is 5.32. The van der Waals surface area contributed by atoms with Crippen LogP contribution >= 0.6 is 0 Å². The molecule has 0 spiro atoms. The lowest BCUT2D eigenvalue weighted by Gasteiger charge is -2.20. The average molecular weight is 931 g/mol. The molecule has 368 valence electrons. The lowest BCUT2D eigenvalue weighted by Crippen LogP contribution is -2.39. The SMILES string of the molecule is CN[C@@H](CCCNC(N)=O)C(=O)Nc1ccc(COC(=O)O)c(CN(C)C(=O)OCc2cn(CCOCCOCCOCCOCCOCCOCCOCCOCCC(=O)O)nn2)c1. The lowest BCUT2D eigenvalue weighted by molar-refractivity contribution is -0.138. The Hall–Kier alpha value is -5.25. The third-order valence-electron chi connectivity index (χ3n) is 8.64. The highest BCUT2D eigenvalue weighted by Crippen LogP contribution is 2.20. The topological polar surface area (TPSA) is 314 Å². The molecule has 1 heterocycles. The van der Waals surface area contributed by atoms with Crippen molar-refractivity contribution >= 4 is 35.8 Å². The summed E-state index contributed by atoms with van der Waals surface area (Å²) in [5.74, 6) is -1.22. The standard InChI is InChI=1S/C40H66N8O17/c1-42-35(4-3-8-43-38(41)52)37(51)44-33-6-5-31(29-65-40(54)55)32(26-33)27-47(2)39(53)64-30-34-28-48(46-45-34)9-11-57-13-15-59-17-19-61-21-23-63-25-24-62-22-20-60-18-16-58-14-12-56-10-7-36(49)50/h5-6,26,28,35,42H,3-4,7-25,27,29-30H2,1-2H3,(H,44,51)(H,49,50)(H,54,55)(H3,41,43,52)/t35-/m0/s1. The van der Waals surface area contributed by atoms with Gasteiger partial charge in [0.1, 0.15) is 18.9 Å². The van der Waals surface area contributed by atoms with Gasteiger partial charge >= 0.3 is 24.2 Å². The molecule has 1 aromatic carbocycles. The number of hydrogen-bond donors (Lipinski definition) is 6. The van der Waals surface area contributed by atoms with Gasteiger partial charge in [0.05, 0.1) is 131 Å². The minimum absolute atomic E-state index is 0.000245. The van der Waals surface area contributed by atoms with Gasteiger partial charge in [0.15, 0.2) is 0 Å². The van der Waals surface area contributed by atoms with E-state index in [0.29, 0.717) is 148 Å². The molecule has 0 aliphatic rings. The van der Waals surface area contributed by atoms with Crippen LogP contribution in [0.2, 0.25) is 0 Å². The predicted molar refractivity (Wildman–Crippen MR) is 228 cm³/mol. The van der Waals surface area contributed by atoms with Crippen molar-refractivity contribution in [1.29, 1.82) is 0 Å². The molecule has 65 heavy (non-hydrogen) atoms. The summed E-state index contributed by atoms with van der Waals surface area (Å²) in [7, 11) is 3.14. The fourth-order valence-electron chi connectivity index (χ4n) is 5.32. The van der Waals surface area contributed by atoms with E-state index in [-0.39, 0.29) is 38.7 Å². The molecular weight excluding hydrogens is 864 g/mol. The van der Waals surface area contributed by atoms with Crippen molar-refractivity contribution in [3.63, 3.8) is 0 Å². The zero-order valence-electron chi connectivity index (χ0n) is 37.2. The highest BCUT2D eigenvalue weighted by Gasteiger charge is 2.19. The minimum atomic E-state index is -1.47. The first-order valence-electron chi connectivity index (χ1n) is 21.1. The number of nitrogens with one attached hydrogen (secondary N) is 3. The molecule has 0 saturated carbocycles. The van der Waals surface area contributed by atoms with Crippen molar-refractivity contribution in [3.8, 4) is 0 Å². The van der Waals surface area contributed by atoms with Gasteiger partial charge in [-0.05, 0) is 43.1 Å². The number of nitrogens with two attached hydrogens (primary N) is 1. The Bertz CT molecular complexity index is 1640. The summed E-state index contributed by atoms with van der Waals surface area (Å²) in [6.07, 6.45) is 0.379. The quantitative estimate of drug-likeness (QED) is 0.0398. The molecule has 25 nitrogen and oxygen atoms in total. The van der Waals surface area contributed by atoms with Crippen LogP contribution in [0.4, 0.5) is 20.1 Å². The highest BCUT2D eigenvalue weighted by atomic mass is 16.7. The number of carbonyl (C=O) groups is 5. The summed E-state index contributed by atoms with van der Waals surface area (Å²) in [6, 6.07) is 3.60. The highest BCUT2D eigenvalue weighted by molar-refractivity contribution is 5.95. The number of likely N-dealkylation sites (N-methyl/N-ethyl adjacent to an activating group) is 1. The van der Waals surface area contributed by atoms with Crippen molar-refractivity contribution in [2.24, 2.45) is 5.73 Å². The predicted octanol–water partition coefficient (Wildman–Crippen LogP) is 0.824. The smallest absolute Gasteiger partial charge is 0.481 e. The zero-order chi connectivity index (χ0) is 47.3. The van der Waals surface area contributed by atoms with Crippen LogP contribution in [-0.2, 0) is 83.3 Å². The summed E-state index contributed by atoms with van der Waals surface area (Å²) in [5, 5.41) is 33.9. The van der Waals surface area contributed by atoms with Crippen molar-refractivity contribution < 1.29 is 81.6 Å². The first-order valence-corrected chi connectivity index (χ1v) is 21.1. The number of benzene rings is 1. The molecule has 0 bridgehead atoms. The molecule has 7 N–H and O–H groups in total. The summed E-state index contributed by atoms with van der Waals surface area (Å²) in [4.78, 5) is 59.5. The molecule has 2 rings (SSSR count). The molecular formula is C40H66N8O17. The summed E-state index contributed by atoms with van der Waals surface area (Å²) in [6.45, 7) is 6.53. The van der Waals surface area contributed by atoms with Gasteiger partial charge in [-0.15, -0.1) is 5.10 Å². The summed E-state index contributed by atoms with van der Waals surface area (Å²) in [5.41, 5.74) is 6.90. The van der Waals surface area contributed by atoms with Crippen LogP contribution in [-0.4, -0.2) is 193 Å². The van der Waals surface area contributed by atoms with E-state index in [9.17, 15) is 24.0 Å².